The Morgan fingerprint density at radius 3 is 2.42 bits per heavy atom. The van der Waals surface area contributed by atoms with Gasteiger partial charge in [-0.05, 0) is 57.9 Å². The number of benzene rings is 1. The van der Waals surface area contributed by atoms with E-state index >= 15 is 0 Å². The maximum absolute atomic E-state index is 6.54. The minimum Gasteiger partial charge on any atom is -0.369 e. The van der Waals surface area contributed by atoms with Gasteiger partial charge >= 0.3 is 0 Å². The molecule has 1 aromatic carbocycles. The van der Waals surface area contributed by atoms with Crippen LogP contribution in [0.15, 0.2) is 27.1 Å². The number of ether oxygens (including phenoxy) is 1. The lowest BCUT2D eigenvalue weighted by molar-refractivity contribution is -0.0767. The van der Waals surface area contributed by atoms with Gasteiger partial charge in [0, 0.05) is 20.9 Å². The lowest BCUT2D eigenvalue weighted by Gasteiger charge is -2.31. The first-order chi connectivity index (χ1) is 8.62. The molecule has 1 heterocycles. The van der Waals surface area contributed by atoms with Crippen LogP contribution < -0.4 is 5.73 Å². The molecule has 2 rings (SSSR count). The van der Waals surface area contributed by atoms with Crippen molar-refractivity contribution < 1.29 is 4.74 Å². The fraction of sp³-hybridized carbons (Fsp3) is 0.600. The summed E-state index contributed by atoms with van der Waals surface area (Å²) in [5.41, 5.74) is 7.36. The molecule has 19 heavy (non-hydrogen) atoms. The van der Waals surface area contributed by atoms with Gasteiger partial charge in [-0.15, -0.1) is 0 Å². The van der Waals surface area contributed by atoms with Crippen molar-refractivity contribution in [3.8, 4) is 0 Å². The summed E-state index contributed by atoms with van der Waals surface area (Å²) in [5, 5.41) is 0. The second kappa shape index (κ2) is 5.14. The maximum Gasteiger partial charge on any atom is 0.0680 e. The van der Waals surface area contributed by atoms with Crippen molar-refractivity contribution in [2.24, 2.45) is 11.7 Å². The highest BCUT2D eigenvalue weighted by atomic mass is 79.9. The van der Waals surface area contributed by atoms with Gasteiger partial charge in [0.15, 0.2) is 0 Å². The standard InChI is InChI=1S/C15H21Br2NO/c1-14(2)8-11(15(3,4)19-14)13(18)10-7-9(16)5-6-12(10)17/h5-7,11,13H,8,18H2,1-4H3. The molecule has 1 aromatic rings. The fourth-order valence-corrected chi connectivity index (χ4v) is 4.04. The highest BCUT2D eigenvalue weighted by Crippen LogP contribution is 2.47. The van der Waals surface area contributed by atoms with Gasteiger partial charge in [-0.3, -0.25) is 0 Å². The summed E-state index contributed by atoms with van der Waals surface area (Å²) >= 11 is 7.12. The van der Waals surface area contributed by atoms with Crippen LogP contribution in [0, 0.1) is 5.92 Å². The van der Waals surface area contributed by atoms with Gasteiger partial charge in [-0.1, -0.05) is 31.9 Å². The number of nitrogens with two attached hydrogens (primary N) is 1. The summed E-state index contributed by atoms with van der Waals surface area (Å²) in [6, 6.07) is 6.10. The third-order valence-corrected chi connectivity index (χ3v) is 5.11. The predicted molar refractivity (Wildman–Crippen MR) is 86.1 cm³/mol. The van der Waals surface area contributed by atoms with E-state index < -0.39 is 0 Å². The van der Waals surface area contributed by atoms with Crippen LogP contribution in [0.25, 0.3) is 0 Å². The highest BCUT2D eigenvalue weighted by Gasteiger charge is 2.48. The summed E-state index contributed by atoms with van der Waals surface area (Å²) in [7, 11) is 0. The van der Waals surface area contributed by atoms with E-state index in [2.05, 4.69) is 65.6 Å². The Hall–Kier alpha value is 0.1000. The van der Waals surface area contributed by atoms with Crippen molar-refractivity contribution in [2.45, 2.75) is 51.4 Å². The highest BCUT2D eigenvalue weighted by molar-refractivity contribution is 9.11. The van der Waals surface area contributed by atoms with Crippen LogP contribution >= 0.6 is 31.9 Å². The molecule has 2 atom stereocenters. The lowest BCUT2D eigenvalue weighted by atomic mass is 9.79. The first-order valence-corrected chi connectivity index (χ1v) is 8.12. The van der Waals surface area contributed by atoms with E-state index in [1.165, 1.54) is 0 Å². The van der Waals surface area contributed by atoms with Gasteiger partial charge in [0.2, 0.25) is 0 Å². The smallest absolute Gasteiger partial charge is 0.0680 e. The molecule has 0 amide bonds. The van der Waals surface area contributed by atoms with Crippen molar-refractivity contribution in [1.82, 2.24) is 0 Å². The van der Waals surface area contributed by atoms with Crippen molar-refractivity contribution >= 4 is 31.9 Å². The molecule has 1 aliphatic rings. The van der Waals surface area contributed by atoms with E-state index in [0.29, 0.717) is 5.92 Å². The maximum atomic E-state index is 6.54. The van der Waals surface area contributed by atoms with Crippen LogP contribution in [0.4, 0.5) is 0 Å². The van der Waals surface area contributed by atoms with Crippen LogP contribution in [-0.4, -0.2) is 11.2 Å². The van der Waals surface area contributed by atoms with Crippen molar-refractivity contribution in [3.63, 3.8) is 0 Å². The van der Waals surface area contributed by atoms with E-state index in [1.54, 1.807) is 0 Å². The molecular formula is C15H21Br2NO. The molecule has 1 aliphatic heterocycles. The van der Waals surface area contributed by atoms with Gasteiger partial charge in [0.25, 0.3) is 0 Å². The Morgan fingerprint density at radius 2 is 1.89 bits per heavy atom. The molecule has 0 saturated carbocycles. The van der Waals surface area contributed by atoms with Crippen LogP contribution in [0.3, 0.4) is 0 Å². The third-order valence-electron chi connectivity index (χ3n) is 3.89. The molecule has 0 spiro atoms. The average Bonchev–Trinajstić information content (AvgIpc) is 2.49. The van der Waals surface area contributed by atoms with E-state index in [4.69, 9.17) is 10.5 Å². The summed E-state index contributed by atoms with van der Waals surface area (Å²) in [5.74, 6) is 0.299. The largest absolute Gasteiger partial charge is 0.369 e. The predicted octanol–water partition coefficient (Wildman–Crippen LogP) is 4.81. The molecule has 0 aromatic heterocycles. The summed E-state index contributed by atoms with van der Waals surface area (Å²) in [6.45, 7) is 8.55. The SMILES string of the molecule is CC1(C)CC(C(N)c2cc(Br)ccc2Br)C(C)(C)O1. The van der Waals surface area contributed by atoms with Crippen molar-refractivity contribution in [3.05, 3.63) is 32.7 Å². The van der Waals surface area contributed by atoms with Crippen LogP contribution in [0.1, 0.15) is 45.7 Å². The van der Waals surface area contributed by atoms with E-state index in [0.717, 1.165) is 20.9 Å². The number of hydrogen-bond acceptors (Lipinski definition) is 2. The van der Waals surface area contributed by atoms with Crippen molar-refractivity contribution in [2.75, 3.05) is 0 Å². The molecule has 2 N–H and O–H groups in total. The molecule has 1 fully saturated rings. The summed E-state index contributed by atoms with van der Waals surface area (Å²) in [6.07, 6.45) is 0.972. The van der Waals surface area contributed by atoms with E-state index in [9.17, 15) is 0 Å². The minimum absolute atomic E-state index is 0.0383. The monoisotopic (exact) mass is 389 g/mol. The Morgan fingerprint density at radius 1 is 1.26 bits per heavy atom. The second-order valence-electron chi connectivity index (χ2n) is 6.47. The van der Waals surface area contributed by atoms with Gasteiger partial charge in [-0.25, -0.2) is 0 Å². The molecule has 1 saturated heterocycles. The first kappa shape index (κ1) is 15.5. The fourth-order valence-electron chi connectivity index (χ4n) is 3.15. The molecular weight excluding hydrogens is 370 g/mol. The normalized spacial score (nSPS) is 26.4. The average molecular weight is 391 g/mol. The molecule has 106 valence electrons. The zero-order chi connectivity index (χ0) is 14.4. The van der Waals surface area contributed by atoms with E-state index in [1.807, 2.05) is 12.1 Å². The van der Waals surface area contributed by atoms with Crippen LogP contribution in [0.2, 0.25) is 0 Å². The minimum atomic E-state index is -0.204. The molecule has 0 radical (unpaired) electrons. The third kappa shape index (κ3) is 3.23. The van der Waals surface area contributed by atoms with E-state index in [-0.39, 0.29) is 17.2 Å². The summed E-state index contributed by atoms with van der Waals surface area (Å²) in [4.78, 5) is 0. The Bertz CT molecular complexity index is 485. The number of halogens is 2. The van der Waals surface area contributed by atoms with Gasteiger partial charge in [0.1, 0.15) is 0 Å². The molecule has 4 heteroatoms. The topological polar surface area (TPSA) is 35.2 Å². The Kier molecular flexibility index (Phi) is 4.19. The number of rotatable bonds is 2. The molecule has 0 bridgehead atoms. The molecule has 2 unspecified atom stereocenters. The van der Waals surface area contributed by atoms with Crippen LogP contribution in [0.5, 0.6) is 0 Å². The lowest BCUT2D eigenvalue weighted by Crippen LogP contribution is -2.36. The first-order valence-electron chi connectivity index (χ1n) is 6.53. The van der Waals surface area contributed by atoms with Crippen LogP contribution in [-0.2, 0) is 4.74 Å². The Labute approximate surface area is 132 Å². The quantitative estimate of drug-likeness (QED) is 0.786. The molecule has 2 nitrogen and oxygen atoms in total. The molecule has 0 aliphatic carbocycles. The van der Waals surface area contributed by atoms with Gasteiger partial charge in [0.05, 0.1) is 11.2 Å². The van der Waals surface area contributed by atoms with Gasteiger partial charge < -0.3 is 10.5 Å². The summed E-state index contributed by atoms with van der Waals surface area (Å²) < 4.78 is 8.27. The number of hydrogen-bond donors (Lipinski definition) is 1. The Balaban J connectivity index is 2.34. The van der Waals surface area contributed by atoms with Gasteiger partial charge in [-0.2, -0.15) is 0 Å². The second-order valence-corrected chi connectivity index (χ2v) is 8.24. The zero-order valence-electron chi connectivity index (χ0n) is 11.8. The zero-order valence-corrected chi connectivity index (χ0v) is 15.0. The van der Waals surface area contributed by atoms with Crippen molar-refractivity contribution in [1.29, 1.82) is 0 Å².